The molecule has 0 aromatic heterocycles. The van der Waals surface area contributed by atoms with Crippen LogP contribution >= 0.6 is 44.3 Å². The second kappa shape index (κ2) is 111. The first-order valence-electron chi connectivity index (χ1n) is 19.7. The smallest absolute Gasteiger partial charge is 0.247 e. The van der Waals surface area contributed by atoms with Crippen LogP contribution in [0.25, 0.3) is 0 Å². The fraction of sp³-hybridized carbons (Fsp3) is 0.842. The van der Waals surface area contributed by atoms with Crippen molar-refractivity contribution < 1.29 is 125 Å². The van der Waals surface area contributed by atoms with Crippen LogP contribution in [-0.2, 0) is 69.4 Å². The van der Waals surface area contributed by atoms with Crippen molar-refractivity contribution in [2.75, 3.05) is 134 Å². The zero-order chi connectivity index (χ0) is 54.2. The Labute approximate surface area is 431 Å². The largest absolute Gasteiger partial charge is 0.789 e. The third-order valence-corrected chi connectivity index (χ3v) is 8.55. The number of hydrogen-bond donors (Lipinski definition) is 11. The predicted molar refractivity (Wildman–Crippen MR) is 277 cm³/mol. The van der Waals surface area contributed by atoms with Gasteiger partial charge in [-0.05, 0) is 46.6 Å². The molecule has 0 aliphatic carbocycles. The molecule has 65 heavy (non-hydrogen) atoms. The van der Waals surface area contributed by atoms with E-state index in [1.54, 1.807) is 56.5 Å². The van der Waals surface area contributed by atoms with Gasteiger partial charge < -0.3 is 107 Å². The van der Waals surface area contributed by atoms with Crippen LogP contribution in [0.15, 0.2) is 0 Å². The predicted octanol–water partition coefficient (Wildman–Crippen LogP) is 2.64. The van der Waals surface area contributed by atoms with Gasteiger partial charge >= 0.3 is 0 Å². The van der Waals surface area contributed by atoms with E-state index in [-0.39, 0.29) is 91.5 Å². The Balaban J connectivity index is -0.0000000372. The molecule has 1 radical (unpaired) electrons. The monoisotopic (exact) mass is 1140 g/mol. The van der Waals surface area contributed by atoms with Crippen LogP contribution in [-0.4, -0.2) is 205 Å². The van der Waals surface area contributed by atoms with E-state index in [2.05, 4.69) is 97.1 Å². The number of nitrogens with one attached hydrogen (secondary N) is 2. The van der Waals surface area contributed by atoms with E-state index in [1.165, 1.54) is 26.9 Å². The van der Waals surface area contributed by atoms with Crippen LogP contribution in [0.1, 0.15) is 81.1 Å². The Kier molecular flexibility index (Phi) is 177. The maximum Gasteiger partial charge on any atom is 0.247 e. The molecule has 0 aromatic rings. The number of amides is 1. The van der Waals surface area contributed by atoms with E-state index >= 15 is 0 Å². The quantitative estimate of drug-likeness (QED) is 0.0383. The molecule has 0 rings (SSSR count). The topological polar surface area (TPSA) is 334 Å². The van der Waals surface area contributed by atoms with Crippen molar-refractivity contribution in [3.05, 3.63) is 13.8 Å². The van der Waals surface area contributed by atoms with Crippen LogP contribution in [0.4, 0.5) is 0 Å². The van der Waals surface area contributed by atoms with Crippen LogP contribution in [0, 0.1) is 13.8 Å². The molecule has 0 heterocycles. The summed E-state index contributed by atoms with van der Waals surface area (Å²) in [6.45, 7) is 22.8. The Morgan fingerprint density at radius 3 is 0.938 bits per heavy atom. The molecule has 0 saturated carbocycles. The van der Waals surface area contributed by atoms with E-state index < -0.39 is 22.7 Å². The summed E-state index contributed by atoms with van der Waals surface area (Å²) in [6.07, 6.45) is 18.5. The minimum Gasteiger partial charge on any atom is -0.789 e. The maximum atomic E-state index is 10.9. The molecule has 0 bridgehead atoms. The molecule has 0 aliphatic rings. The van der Waals surface area contributed by atoms with E-state index in [0.29, 0.717) is 26.6 Å². The molecule has 1 amide bonds. The van der Waals surface area contributed by atoms with Gasteiger partial charge in [-0.1, -0.05) is 74.7 Å². The van der Waals surface area contributed by atoms with Crippen molar-refractivity contribution in [3.8, 4) is 0 Å². The van der Waals surface area contributed by atoms with Gasteiger partial charge in [-0.15, -0.1) is 0 Å². The Morgan fingerprint density at radius 2 is 0.862 bits per heavy atom. The van der Waals surface area contributed by atoms with Gasteiger partial charge in [-0.3, -0.25) is 10.1 Å². The second-order valence-corrected chi connectivity index (χ2v) is 17.3. The summed E-state index contributed by atoms with van der Waals surface area (Å²) in [5, 5.41) is 66.2. The third-order valence-electron chi connectivity index (χ3n) is 3.53. The van der Waals surface area contributed by atoms with E-state index in [9.17, 15) is 14.6 Å². The number of hydrogen-bond acceptors (Lipinski definition) is 22. The van der Waals surface area contributed by atoms with Crippen molar-refractivity contribution in [3.63, 3.8) is 0 Å². The molecule has 0 aromatic carbocycles. The molecule has 0 aliphatic heterocycles. The molecule has 11 N–H and O–H groups in total. The number of methoxy groups -OCH3 is 1. The minimum atomic E-state index is -3.12. The summed E-state index contributed by atoms with van der Waals surface area (Å²) in [7, 11) is 3.09. The number of unbranched alkanes of at least 4 members (excludes halogenated alkanes) is 1. The van der Waals surface area contributed by atoms with Crippen molar-refractivity contribution in [1.82, 2.24) is 10.6 Å². The fourth-order valence-corrected chi connectivity index (χ4v) is 3.39. The fourth-order valence-electron chi connectivity index (χ4n) is 1.23. The summed E-state index contributed by atoms with van der Waals surface area (Å²) in [5.41, 5.74) is 0. The summed E-state index contributed by atoms with van der Waals surface area (Å²) in [4.78, 5) is 40.4. The average Bonchev–Trinajstić information content (AvgIpc) is 3.28. The van der Waals surface area contributed by atoms with Gasteiger partial charge in [0.25, 0.3) is 0 Å². The van der Waals surface area contributed by atoms with Gasteiger partial charge in [0.05, 0.1) is 66.2 Å². The number of ether oxygens (including phenoxy) is 1. The second-order valence-electron chi connectivity index (χ2n) is 9.23. The summed E-state index contributed by atoms with van der Waals surface area (Å²) in [5.74, 6) is 0.00463. The van der Waals surface area contributed by atoms with E-state index in [0.717, 1.165) is 27.1 Å². The SMILES string of the molecule is C=P(O)(OC)OCC.C=P([O-])(OCC)OCCO.C=P([O-])(OCC)OCCO.CCCC.CNC(C)=O.CNCOC.CO.CO.CSSC.OCCO.OCCO.[CH2-]CC.[CH2-]CC.[Y]. The van der Waals surface area contributed by atoms with Crippen LogP contribution < -0.4 is 20.4 Å². The molecule has 3 unspecified atom stereocenters. The third kappa shape index (κ3) is 222. The first kappa shape index (κ1) is 103. The van der Waals surface area contributed by atoms with Gasteiger partial charge in [-0.25, -0.2) is 0 Å². The standard InChI is InChI=1S/2C5H12O4P.C4H11O3P.C4H10.C3H9NO.C3H7NO.2C3H7.2C2H6O2.C2H6S2.2CH4O.Y/c2*1-3-8-10(2,7)9-5-4-6;1-4-7-8(3,5)6-2;1-3-4-2;1-4-3-5-2;1-3(5)4-2;2*1-3-2;2*3-1-2-4;1-3-4-2;2*1-2;/h2*6H,2-5H2,1H3;5H,3-4H2,1-2H3;3-4H2,1-2H3;4H,3H2,1-2H3;1-2H3,(H,4,5);2*1,3H2,2H3;2*3-4H,1-2H2;1-2H3;2*2H,1H3;/q2*-1;;;;;2*-1;;;;;;. The molecule has 27 heteroatoms. The van der Waals surface area contributed by atoms with Gasteiger partial charge in [0.15, 0.2) is 0 Å². The molecular weight excluding hydrogens is 1030 g/mol. The number of aliphatic hydroxyl groups is 8. The Morgan fingerprint density at radius 1 is 0.615 bits per heavy atom. The van der Waals surface area contributed by atoms with Crippen LogP contribution in [0.3, 0.4) is 0 Å². The molecular formula is C38H101N2O19P3S2Y-4. The average molecular weight is 1140 g/mol. The molecule has 411 valence electrons. The first-order chi connectivity index (χ1) is 30.0. The number of carbonyl (C=O) groups excluding carboxylic acids is 1. The normalized spacial score (nSPS) is 11.1. The molecule has 0 fully saturated rings. The van der Waals surface area contributed by atoms with Crippen molar-refractivity contribution in [1.29, 1.82) is 0 Å². The summed E-state index contributed by atoms with van der Waals surface area (Å²) < 4.78 is 32.3. The number of rotatable bonds is 19. The van der Waals surface area contributed by atoms with Gasteiger partial charge in [0.1, 0.15) is 0 Å². The number of aliphatic hydroxyl groups excluding tert-OH is 8. The first-order valence-corrected chi connectivity index (χ1v) is 27.9. The minimum absolute atomic E-state index is 0. The molecule has 0 saturated heterocycles. The van der Waals surface area contributed by atoms with E-state index in [1.807, 2.05) is 20.9 Å². The zero-order valence-electron chi connectivity index (χ0n) is 43.2. The maximum absolute atomic E-state index is 10.9. The van der Waals surface area contributed by atoms with Crippen LogP contribution in [0.5, 0.6) is 0 Å². The summed E-state index contributed by atoms with van der Waals surface area (Å²) in [6, 6.07) is 0. The molecule has 3 atom stereocenters. The molecule has 21 nitrogen and oxygen atoms in total. The Hall–Kier alpha value is 1.41. The Bertz CT molecular complexity index is 776. The molecule has 0 spiro atoms. The number of carbonyl (C=O) groups is 1. The zero-order valence-corrected chi connectivity index (χ0v) is 50.3. The van der Waals surface area contributed by atoms with Gasteiger partial charge in [0.2, 0.25) is 13.5 Å². The summed E-state index contributed by atoms with van der Waals surface area (Å²) >= 11 is 0. The van der Waals surface area contributed by atoms with Crippen molar-refractivity contribution in [2.45, 2.75) is 81.1 Å². The van der Waals surface area contributed by atoms with E-state index in [4.69, 9.17) is 50.3 Å². The van der Waals surface area contributed by atoms with Gasteiger partial charge in [0, 0.05) is 103 Å². The van der Waals surface area contributed by atoms with Crippen molar-refractivity contribution in [2.24, 2.45) is 0 Å². The van der Waals surface area contributed by atoms with Crippen molar-refractivity contribution >= 4 is 69.1 Å². The van der Waals surface area contributed by atoms with Gasteiger partial charge in [-0.2, -0.15) is 12.8 Å². The van der Waals surface area contributed by atoms with Crippen LogP contribution in [0.2, 0.25) is 0 Å².